The quantitative estimate of drug-likeness (QED) is 0.661. The summed E-state index contributed by atoms with van der Waals surface area (Å²) in [5.41, 5.74) is 0.736. The van der Waals surface area contributed by atoms with Gasteiger partial charge in [0.15, 0.2) is 0 Å². The van der Waals surface area contributed by atoms with Gasteiger partial charge < -0.3 is 14.2 Å². The molecule has 2 aliphatic rings. The van der Waals surface area contributed by atoms with Gasteiger partial charge in [-0.3, -0.25) is 9.59 Å². The van der Waals surface area contributed by atoms with E-state index in [1.807, 2.05) is 24.3 Å². The number of piperidine rings is 1. The summed E-state index contributed by atoms with van der Waals surface area (Å²) in [6.07, 6.45) is -3.66. The Kier molecular flexibility index (Phi) is 5.56. The largest absolute Gasteiger partial charge is 0.470 e. The monoisotopic (exact) mass is 486 g/mol. The van der Waals surface area contributed by atoms with Gasteiger partial charge in [-0.25, -0.2) is 0 Å². The summed E-state index contributed by atoms with van der Waals surface area (Å²) in [7, 11) is 0. The molecule has 1 aromatic carbocycles. The maximum atomic E-state index is 12.9. The van der Waals surface area contributed by atoms with E-state index in [-0.39, 0.29) is 30.0 Å². The van der Waals surface area contributed by atoms with Gasteiger partial charge in [0, 0.05) is 42.1 Å². The lowest BCUT2D eigenvalue weighted by Crippen LogP contribution is -2.42. The average Bonchev–Trinajstić information content (AvgIpc) is 3.35. The maximum absolute atomic E-state index is 12.9. The molecular weight excluding hydrogens is 469 g/mol. The van der Waals surface area contributed by atoms with Crippen molar-refractivity contribution in [2.45, 2.75) is 31.4 Å². The van der Waals surface area contributed by atoms with Crippen molar-refractivity contribution in [3.63, 3.8) is 0 Å². The van der Waals surface area contributed by atoms with Crippen LogP contribution in [0.5, 0.6) is 0 Å². The Bertz CT molecular complexity index is 956. The molecule has 3 heterocycles. The zero-order valence-electron chi connectivity index (χ0n) is 15.7. The van der Waals surface area contributed by atoms with E-state index in [2.05, 4.69) is 26.1 Å². The van der Waals surface area contributed by atoms with Gasteiger partial charge in [-0.05, 0) is 31.0 Å². The van der Waals surface area contributed by atoms with Crippen LogP contribution in [-0.2, 0) is 15.8 Å². The molecule has 2 fully saturated rings. The predicted molar refractivity (Wildman–Crippen MR) is 102 cm³/mol. The van der Waals surface area contributed by atoms with Crippen LogP contribution in [0.2, 0.25) is 0 Å². The molecule has 0 saturated carbocycles. The van der Waals surface area contributed by atoms with Crippen LogP contribution in [0.1, 0.15) is 37.0 Å². The molecule has 1 atom stereocenters. The fourth-order valence-electron chi connectivity index (χ4n) is 3.89. The van der Waals surface area contributed by atoms with Gasteiger partial charge in [0.25, 0.3) is 0 Å². The van der Waals surface area contributed by atoms with Crippen molar-refractivity contribution < 1.29 is 27.2 Å². The van der Waals surface area contributed by atoms with Crippen molar-refractivity contribution in [1.29, 1.82) is 0 Å². The molecule has 30 heavy (non-hydrogen) atoms. The predicted octanol–water partition coefficient (Wildman–Crippen LogP) is 3.61. The van der Waals surface area contributed by atoms with Crippen LogP contribution in [0.4, 0.5) is 18.9 Å². The van der Waals surface area contributed by atoms with Crippen molar-refractivity contribution in [2.75, 3.05) is 24.5 Å². The zero-order chi connectivity index (χ0) is 21.5. The first kappa shape index (κ1) is 20.8. The van der Waals surface area contributed by atoms with Crippen molar-refractivity contribution in [1.82, 2.24) is 15.1 Å². The first-order valence-corrected chi connectivity index (χ1v) is 10.3. The number of hydrogen-bond acceptors (Lipinski definition) is 5. The molecule has 1 aromatic heterocycles. The second-order valence-corrected chi connectivity index (χ2v) is 8.34. The number of anilines is 1. The smallest absolute Gasteiger partial charge is 0.417 e. The molecular formula is C19H18BrF3N4O3. The van der Waals surface area contributed by atoms with E-state index in [1.54, 1.807) is 9.80 Å². The molecule has 11 heteroatoms. The van der Waals surface area contributed by atoms with Gasteiger partial charge >= 0.3 is 12.1 Å². The lowest BCUT2D eigenvalue weighted by atomic mass is 9.95. The molecule has 160 valence electrons. The van der Waals surface area contributed by atoms with E-state index >= 15 is 0 Å². The number of carbonyl (C=O) groups is 2. The highest BCUT2D eigenvalue weighted by Crippen LogP contribution is 2.34. The second kappa shape index (κ2) is 8.01. The molecule has 2 aromatic rings. The third-order valence-corrected chi connectivity index (χ3v) is 5.93. The van der Waals surface area contributed by atoms with Crippen LogP contribution in [0.3, 0.4) is 0 Å². The van der Waals surface area contributed by atoms with Gasteiger partial charge in [0.05, 0.1) is 5.92 Å². The summed E-state index contributed by atoms with van der Waals surface area (Å²) in [6, 6.07) is 7.34. The molecule has 2 saturated heterocycles. The van der Waals surface area contributed by atoms with Crippen molar-refractivity contribution in [3.8, 4) is 0 Å². The van der Waals surface area contributed by atoms with E-state index in [0.717, 1.165) is 10.2 Å². The summed E-state index contributed by atoms with van der Waals surface area (Å²) in [5.74, 6) is -2.37. The molecule has 0 radical (unpaired) electrons. The van der Waals surface area contributed by atoms with Crippen LogP contribution >= 0.6 is 15.9 Å². The summed E-state index contributed by atoms with van der Waals surface area (Å²) < 4.78 is 43.5. The number of halogens is 4. The van der Waals surface area contributed by atoms with E-state index in [9.17, 15) is 22.8 Å². The summed E-state index contributed by atoms with van der Waals surface area (Å²) in [5, 5.41) is 6.58. The number of aromatic nitrogens is 2. The van der Waals surface area contributed by atoms with Crippen LogP contribution in [0, 0.1) is 5.92 Å². The number of benzene rings is 1. The Balaban J connectivity index is 1.35. The first-order valence-electron chi connectivity index (χ1n) is 9.47. The second-order valence-electron chi connectivity index (χ2n) is 7.43. The lowest BCUT2D eigenvalue weighted by molar-refractivity contribution is -0.157. The Morgan fingerprint density at radius 3 is 2.57 bits per heavy atom. The van der Waals surface area contributed by atoms with Gasteiger partial charge in [-0.15, -0.1) is 10.2 Å². The number of carbonyl (C=O) groups excluding carboxylic acids is 2. The van der Waals surface area contributed by atoms with E-state index in [4.69, 9.17) is 4.42 Å². The SMILES string of the molecule is O=C(C1CC(=O)N(c2cccc(Br)c2)C1)N1CCC(c2nnc(C(F)(F)F)o2)CC1. The Morgan fingerprint density at radius 2 is 1.93 bits per heavy atom. The van der Waals surface area contributed by atoms with Crippen molar-refractivity contribution in [3.05, 3.63) is 40.5 Å². The third-order valence-electron chi connectivity index (χ3n) is 5.43. The highest BCUT2D eigenvalue weighted by molar-refractivity contribution is 9.10. The minimum absolute atomic E-state index is 0.0497. The molecule has 0 N–H and O–H groups in total. The highest BCUT2D eigenvalue weighted by Gasteiger charge is 2.41. The molecule has 7 nitrogen and oxygen atoms in total. The Hall–Kier alpha value is -2.43. The third kappa shape index (κ3) is 4.21. The normalized spacial score (nSPS) is 20.8. The molecule has 2 amide bonds. The standard InChI is InChI=1S/C19H18BrF3N4O3/c20-13-2-1-3-14(9-13)27-10-12(8-15(27)28)17(29)26-6-4-11(5-7-26)16-24-25-18(30-16)19(21,22)23/h1-3,9,11-12H,4-8,10H2. The summed E-state index contributed by atoms with van der Waals surface area (Å²) >= 11 is 3.38. The fraction of sp³-hybridized carbons (Fsp3) is 0.474. The van der Waals surface area contributed by atoms with Gasteiger partial charge in [-0.1, -0.05) is 22.0 Å². The van der Waals surface area contributed by atoms with E-state index in [1.165, 1.54) is 0 Å². The molecule has 0 spiro atoms. The van der Waals surface area contributed by atoms with Gasteiger partial charge in [-0.2, -0.15) is 13.2 Å². The lowest BCUT2D eigenvalue weighted by Gasteiger charge is -2.32. The molecule has 0 aliphatic carbocycles. The van der Waals surface area contributed by atoms with Gasteiger partial charge in [0.1, 0.15) is 0 Å². The highest BCUT2D eigenvalue weighted by atomic mass is 79.9. The van der Waals surface area contributed by atoms with Crippen LogP contribution in [-0.4, -0.2) is 46.5 Å². The number of rotatable bonds is 3. The zero-order valence-corrected chi connectivity index (χ0v) is 17.3. The van der Waals surface area contributed by atoms with Gasteiger partial charge in [0.2, 0.25) is 17.7 Å². The summed E-state index contributed by atoms with van der Waals surface area (Å²) in [4.78, 5) is 28.6. The molecule has 1 unspecified atom stereocenters. The Labute approximate surface area is 178 Å². The van der Waals surface area contributed by atoms with Crippen molar-refractivity contribution in [2.24, 2.45) is 5.92 Å². The van der Waals surface area contributed by atoms with E-state index in [0.29, 0.717) is 32.5 Å². The number of likely N-dealkylation sites (tertiary alicyclic amines) is 1. The maximum Gasteiger partial charge on any atom is 0.470 e. The average molecular weight is 487 g/mol. The summed E-state index contributed by atoms with van der Waals surface area (Å²) in [6.45, 7) is 1.05. The van der Waals surface area contributed by atoms with Crippen LogP contribution < -0.4 is 4.90 Å². The minimum atomic E-state index is -4.67. The number of nitrogens with zero attached hydrogens (tertiary/aromatic N) is 4. The molecule has 2 aliphatic heterocycles. The topological polar surface area (TPSA) is 79.5 Å². The van der Waals surface area contributed by atoms with Crippen LogP contribution in [0.15, 0.2) is 33.2 Å². The molecule has 0 bridgehead atoms. The molecule has 4 rings (SSSR count). The first-order chi connectivity index (χ1) is 14.2. The van der Waals surface area contributed by atoms with E-state index < -0.39 is 18.0 Å². The van der Waals surface area contributed by atoms with Crippen molar-refractivity contribution >= 4 is 33.4 Å². The number of alkyl halides is 3. The minimum Gasteiger partial charge on any atom is -0.417 e. The number of hydrogen-bond donors (Lipinski definition) is 0. The van der Waals surface area contributed by atoms with Crippen LogP contribution in [0.25, 0.3) is 0 Å². The fourth-order valence-corrected chi connectivity index (χ4v) is 4.27. The Morgan fingerprint density at radius 1 is 1.20 bits per heavy atom. The number of amides is 2.